The first-order valence-electron chi connectivity index (χ1n) is 7.53. The lowest BCUT2D eigenvalue weighted by molar-refractivity contribution is -0.103. The average molecular weight is 238 g/mol. The van der Waals surface area contributed by atoms with Crippen LogP contribution in [0.5, 0.6) is 0 Å². The predicted molar refractivity (Wildman–Crippen MR) is 72.9 cm³/mol. The zero-order valence-corrected chi connectivity index (χ0v) is 12.1. The quantitative estimate of drug-likeness (QED) is 0.718. The Morgan fingerprint density at radius 2 is 1.53 bits per heavy atom. The first kappa shape index (κ1) is 13.4. The van der Waals surface area contributed by atoms with Crippen molar-refractivity contribution in [2.75, 3.05) is 0 Å². The van der Waals surface area contributed by atoms with Crippen molar-refractivity contribution in [3.05, 3.63) is 0 Å². The molecule has 0 aromatic heterocycles. The maximum absolute atomic E-state index is 11.1. The van der Waals surface area contributed by atoms with Crippen molar-refractivity contribution in [1.82, 2.24) is 0 Å². The smallest absolute Gasteiger partial charge is 0.0681 e. The fourth-order valence-corrected chi connectivity index (χ4v) is 4.61. The van der Waals surface area contributed by atoms with Gasteiger partial charge in [-0.25, -0.2) is 0 Å². The first-order chi connectivity index (χ1) is 7.81. The van der Waals surface area contributed by atoms with Crippen molar-refractivity contribution in [2.45, 2.75) is 78.2 Å². The second-order valence-corrected chi connectivity index (χ2v) is 7.91. The molecule has 0 saturated heterocycles. The van der Waals surface area contributed by atoms with Gasteiger partial charge in [0.25, 0.3) is 0 Å². The van der Waals surface area contributed by atoms with Crippen LogP contribution in [0, 0.1) is 23.2 Å². The Morgan fingerprint density at radius 1 is 0.941 bits per heavy atom. The van der Waals surface area contributed by atoms with Crippen LogP contribution in [0.15, 0.2) is 0 Å². The van der Waals surface area contributed by atoms with E-state index in [2.05, 4.69) is 27.7 Å². The topological polar surface area (TPSA) is 20.2 Å². The van der Waals surface area contributed by atoms with E-state index in [-0.39, 0.29) is 5.60 Å². The van der Waals surface area contributed by atoms with Crippen LogP contribution in [-0.2, 0) is 0 Å². The monoisotopic (exact) mass is 238 g/mol. The van der Waals surface area contributed by atoms with E-state index in [1.807, 2.05) is 0 Å². The minimum absolute atomic E-state index is 0.344. The first-order valence-corrected chi connectivity index (χ1v) is 7.53. The highest BCUT2D eigenvalue weighted by Crippen LogP contribution is 2.49. The molecule has 2 rings (SSSR count). The zero-order valence-electron chi connectivity index (χ0n) is 12.1. The molecule has 0 heterocycles. The molecule has 0 bridgehead atoms. The van der Waals surface area contributed by atoms with Crippen LogP contribution in [0.2, 0.25) is 0 Å². The van der Waals surface area contributed by atoms with Crippen molar-refractivity contribution in [3.8, 4) is 0 Å². The summed E-state index contributed by atoms with van der Waals surface area (Å²) in [6.07, 6.45) is 8.41. The summed E-state index contributed by atoms with van der Waals surface area (Å²) in [5.74, 6) is 2.16. The summed E-state index contributed by atoms with van der Waals surface area (Å²) < 4.78 is 0. The van der Waals surface area contributed by atoms with Gasteiger partial charge in [0.2, 0.25) is 0 Å². The molecule has 1 heteroatoms. The van der Waals surface area contributed by atoms with Crippen molar-refractivity contribution in [2.24, 2.45) is 23.2 Å². The lowest BCUT2D eigenvalue weighted by atomic mass is 9.60. The van der Waals surface area contributed by atoms with Gasteiger partial charge in [-0.3, -0.25) is 0 Å². The standard InChI is InChI=1S/C16H30O/c1-12-8-13(2)10-14(9-12)16(17)7-5-6-15(3,4)11-16/h12-14,17H,5-11H2,1-4H3. The third-order valence-corrected chi connectivity index (χ3v) is 5.19. The Labute approximate surface area is 107 Å². The Bertz CT molecular complexity index is 261. The molecular formula is C16H30O. The van der Waals surface area contributed by atoms with Gasteiger partial charge in [0, 0.05) is 0 Å². The SMILES string of the molecule is CC1CC(C)CC(C2(O)CCCC(C)(C)C2)C1. The summed E-state index contributed by atoms with van der Waals surface area (Å²) in [7, 11) is 0. The molecule has 17 heavy (non-hydrogen) atoms. The molecular weight excluding hydrogens is 208 g/mol. The van der Waals surface area contributed by atoms with Gasteiger partial charge in [0.05, 0.1) is 5.60 Å². The fourth-order valence-electron chi connectivity index (χ4n) is 4.61. The van der Waals surface area contributed by atoms with Gasteiger partial charge in [-0.05, 0) is 61.7 Å². The molecule has 2 aliphatic carbocycles. The number of hydrogen-bond donors (Lipinski definition) is 1. The van der Waals surface area contributed by atoms with Gasteiger partial charge in [-0.2, -0.15) is 0 Å². The van der Waals surface area contributed by atoms with E-state index >= 15 is 0 Å². The van der Waals surface area contributed by atoms with Crippen LogP contribution in [0.1, 0.15) is 72.6 Å². The van der Waals surface area contributed by atoms with E-state index in [0.717, 1.165) is 24.7 Å². The summed E-state index contributed by atoms with van der Waals surface area (Å²) in [6.45, 7) is 9.37. The Kier molecular flexibility index (Phi) is 3.60. The van der Waals surface area contributed by atoms with Gasteiger partial charge < -0.3 is 5.11 Å². The fraction of sp³-hybridized carbons (Fsp3) is 1.00. The molecule has 0 aromatic rings. The highest BCUT2D eigenvalue weighted by Gasteiger charge is 2.45. The van der Waals surface area contributed by atoms with Crippen molar-refractivity contribution < 1.29 is 5.11 Å². The lowest BCUT2D eigenvalue weighted by Crippen LogP contribution is -2.47. The van der Waals surface area contributed by atoms with Crippen LogP contribution < -0.4 is 0 Å². The second kappa shape index (κ2) is 4.57. The van der Waals surface area contributed by atoms with E-state index in [9.17, 15) is 5.11 Å². The van der Waals surface area contributed by atoms with E-state index in [4.69, 9.17) is 0 Å². The second-order valence-electron chi connectivity index (χ2n) is 7.91. The molecule has 3 unspecified atom stereocenters. The van der Waals surface area contributed by atoms with Crippen LogP contribution in [-0.4, -0.2) is 10.7 Å². The third kappa shape index (κ3) is 3.05. The zero-order chi connectivity index (χ0) is 12.7. The summed E-state index contributed by atoms with van der Waals surface area (Å²) in [6, 6.07) is 0. The van der Waals surface area contributed by atoms with Crippen LogP contribution in [0.25, 0.3) is 0 Å². The predicted octanol–water partition coefficient (Wildman–Crippen LogP) is 4.39. The van der Waals surface area contributed by atoms with Gasteiger partial charge in [0.15, 0.2) is 0 Å². The molecule has 0 amide bonds. The molecule has 0 aliphatic heterocycles. The normalized spacial score (nSPS) is 46.8. The maximum Gasteiger partial charge on any atom is 0.0681 e. The number of aliphatic hydroxyl groups is 1. The lowest BCUT2D eigenvalue weighted by Gasteiger charge is -2.49. The highest BCUT2D eigenvalue weighted by atomic mass is 16.3. The third-order valence-electron chi connectivity index (χ3n) is 5.19. The van der Waals surface area contributed by atoms with Crippen LogP contribution in [0.3, 0.4) is 0 Å². The Hall–Kier alpha value is -0.0400. The van der Waals surface area contributed by atoms with Crippen LogP contribution in [0.4, 0.5) is 0 Å². The molecule has 1 nitrogen and oxygen atoms in total. The molecule has 0 aromatic carbocycles. The summed E-state index contributed by atoms with van der Waals surface area (Å²) >= 11 is 0. The van der Waals surface area contributed by atoms with Gasteiger partial charge in [-0.15, -0.1) is 0 Å². The molecule has 0 spiro atoms. The van der Waals surface area contributed by atoms with E-state index < -0.39 is 0 Å². The van der Waals surface area contributed by atoms with Crippen molar-refractivity contribution in [3.63, 3.8) is 0 Å². The molecule has 1 N–H and O–H groups in total. The largest absolute Gasteiger partial charge is 0.390 e. The van der Waals surface area contributed by atoms with E-state index in [1.165, 1.54) is 32.1 Å². The van der Waals surface area contributed by atoms with Gasteiger partial charge in [0.1, 0.15) is 0 Å². The Morgan fingerprint density at radius 3 is 2.06 bits per heavy atom. The molecule has 3 atom stereocenters. The minimum atomic E-state index is -0.356. The Balaban J connectivity index is 2.09. The average Bonchev–Trinajstić information content (AvgIpc) is 2.13. The van der Waals surface area contributed by atoms with Crippen LogP contribution >= 0.6 is 0 Å². The van der Waals surface area contributed by atoms with E-state index in [0.29, 0.717) is 11.3 Å². The maximum atomic E-state index is 11.1. The van der Waals surface area contributed by atoms with E-state index in [1.54, 1.807) is 0 Å². The molecule has 2 fully saturated rings. The number of hydrogen-bond acceptors (Lipinski definition) is 1. The molecule has 0 radical (unpaired) electrons. The van der Waals surface area contributed by atoms with Gasteiger partial charge in [-0.1, -0.05) is 34.1 Å². The molecule has 100 valence electrons. The van der Waals surface area contributed by atoms with Gasteiger partial charge >= 0.3 is 0 Å². The molecule has 2 aliphatic rings. The molecule has 2 saturated carbocycles. The summed E-state index contributed by atoms with van der Waals surface area (Å²) in [5, 5.41) is 11.1. The van der Waals surface area contributed by atoms with Crippen molar-refractivity contribution in [1.29, 1.82) is 0 Å². The highest BCUT2D eigenvalue weighted by molar-refractivity contribution is 4.97. The number of rotatable bonds is 1. The summed E-state index contributed by atoms with van der Waals surface area (Å²) in [5.41, 5.74) is -0.0123. The summed E-state index contributed by atoms with van der Waals surface area (Å²) in [4.78, 5) is 0. The van der Waals surface area contributed by atoms with Crippen molar-refractivity contribution >= 4 is 0 Å². The minimum Gasteiger partial charge on any atom is -0.390 e.